The Balaban J connectivity index is 0.000000963. The van der Waals surface area contributed by atoms with Crippen molar-refractivity contribution in [2.24, 2.45) is 0 Å². The topological polar surface area (TPSA) is 12.9 Å². The van der Waals surface area contributed by atoms with Gasteiger partial charge in [0.25, 0.3) is 0 Å². The molecule has 1 aliphatic carbocycles. The molecular formula is C14H10LiN. The third-order valence-electron chi connectivity index (χ3n) is 2.70. The van der Waals surface area contributed by atoms with Crippen LogP contribution in [-0.4, -0.2) is 4.98 Å². The average molecular weight is 199 g/mol. The summed E-state index contributed by atoms with van der Waals surface area (Å²) in [5.41, 5.74) is 3.63. The van der Waals surface area contributed by atoms with E-state index in [0.717, 1.165) is 5.69 Å². The van der Waals surface area contributed by atoms with Crippen LogP contribution in [0.15, 0.2) is 48.7 Å². The Morgan fingerprint density at radius 1 is 1.00 bits per heavy atom. The Bertz CT molecular complexity index is 505. The molecule has 1 aromatic carbocycles. The van der Waals surface area contributed by atoms with E-state index in [1.54, 1.807) is 0 Å². The van der Waals surface area contributed by atoms with Crippen molar-refractivity contribution < 1.29 is 18.9 Å². The summed E-state index contributed by atoms with van der Waals surface area (Å²) in [5, 5.41) is 0. The van der Waals surface area contributed by atoms with Gasteiger partial charge >= 0.3 is 18.9 Å². The summed E-state index contributed by atoms with van der Waals surface area (Å²) in [6.45, 7) is 0. The minimum absolute atomic E-state index is 0. The third-order valence-corrected chi connectivity index (χ3v) is 2.70. The largest absolute Gasteiger partial charge is 1.00 e. The van der Waals surface area contributed by atoms with E-state index >= 15 is 0 Å². The zero-order valence-electron chi connectivity index (χ0n) is 9.22. The van der Waals surface area contributed by atoms with Gasteiger partial charge in [0.1, 0.15) is 0 Å². The van der Waals surface area contributed by atoms with E-state index in [4.69, 9.17) is 0 Å². The summed E-state index contributed by atoms with van der Waals surface area (Å²) < 4.78 is 0. The van der Waals surface area contributed by atoms with Gasteiger partial charge in [0.05, 0.1) is 0 Å². The van der Waals surface area contributed by atoms with Crippen LogP contribution >= 0.6 is 0 Å². The molecule has 0 spiro atoms. The smallest absolute Gasteiger partial charge is 0.262 e. The zero-order valence-corrected chi connectivity index (χ0v) is 9.22. The first-order valence-corrected chi connectivity index (χ1v) is 5.04. The van der Waals surface area contributed by atoms with E-state index in [-0.39, 0.29) is 24.8 Å². The molecule has 2 heteroatoms. The number of hydrogen-bond acceptors (Lipinski definition) is 1. The van der Waals surface area contributed by atoms with Crippen LogP contribution in [0.5, 0.6) is 0 Å². The Hall–Kier alpha value is -1.29. The van der Waals surface area contributed by atoms with Crippen LogP contribution in [0.1, 0.15) is 22.7 Å². The molecule has 1 aliphatic rings. The van der Waals surface area contributed by atoms with Gasteiger partial charge in [-0.2, -0.15) is 5.56 Å². The number of hydrogen-bond donors (Lipinski definition) is 0. The van der Waals surface area contributed by atoms with Crippen molar-refractivity contribution in [1.29, 1.82) is 0 Å². The fourth-order valence-electron chi connectivity index (χ4n) is 1.96. The van der Waals surface area contributed by atoms with Crippen LogP contribution in [0, 0.1) is 6.08 Å². The minimum Gasteiger partial charge on any atom is -0.262 e. The van der Waals surface area contributed by atoms with Gasteiger partial charge in [-0.05, 0) is 18.1 Å². The van der Waals surface area contributed by atoms with E-state index in [1.807, 2.05) is 24.4 Å². The molecule has 0 fully saturated rings. The molecule has 0 saturated carbocycles. The molecule has 0 bridgehead atoms. The average Bonchev–Trinajstić information content (AvgIpc) is 2.74. The number of nitrogens with zero attached hydrogens (tertiary/aromatic N) is 1. The summed E-state index contributed by atoms with van der Waals surface area (Å²) >= 11 is 0. The molecule has 0 amide bonds. The van der Waals surface area contributed by atoms with E-state index in [9.17, 15) is 0 Å². The van der Waals surface area contributed by atoms with Crippen molar-refractivity contribution >= 4 is 6.08 Å². The first-order chi connectivity index (χ1) is 7.45. The number of rotatable bonds is 1. The molecular weight excluding hydrogens is 189 g/mol. The third kappa shape index (κ3) is 1.85. The predicted molar refractivity (Wildman–Crippen MR) is 60.2 cm³/mol. The van der Waals surface area contributed by atoms with Crippen LogP contribution in [0.2, 0.25) is 0 Å². The molecule has 72 valence electrons. The fourth-order valence-corrected chi connectivity index (χ4v) is 1.96. The molecule has 2 aromatic rings. The molecule has 1 unspecified atom stereocenters. The van der Waals surface area contributed by atoms with Crippen molar-refractivity contribution in [3.05, 3.63) is 71.6 Å². The SMILES string of the molecule is [C-]1=Cc2ccccc2C1c1ccccn1.[Li+]. The van der Waals surface area contributed by atoms with Crippen molar-refractivity contribution in [2.45, 2.75) is 5.92 Å². The summed E-state index contributed by atoms with van der Waals surface area (Å²) in [7, 11) is 0. The quantitative estimate of drug-likeness (QED) is 0.467. The Kier molecular flexibility index (Phi) is 3.29. The van der Waals surface area contributed by atoms with Crippen LogP contribution in [0.3, 0.4) is 0 Å². The van der Waals surface area contributed by atoms with Gasteiger partial charge < -0.3 is 0 Å². The molecule has 1 nitrogen and oxygen atoms in total. The first-order valence-electron chi connectivity index (χ1n) is 5.04. The number of fused-ring (bicyclic) bond motifs is 1. The van der Waals surface area contributed by atoms with Crippen molar-refractivity contribution in [3.8, 4) is 0 Å². The van der Waals surface area contributed by atoms with Gasteiger partial charge in [-0.3, -0.25) is 11.1 Å². The summed E-state index contributed by atoms with van der Waals surface area (Å²) in [6.07, 6.45) is 7.23. The number of pyridine rings is 1. The second kappa shape index (κ2) is 4.70. The van der Waals surface area contributed by atoms with Crippen molar-refractivity contribution in [1.82, 2.24) is 4.98 Å². The molecule has 1 heterocycles. The van der Waals surface area contributed by atoms with Gasteiger partial charge in [-0.15, -0.1) is 11.6 Å². The molecule has 0 radical (unpaired) electrons. The maximum atomic E-state index is 4.38. The van der Waals surface area contributed by atoms with Gasteiger partial charge in [0.2, 0.25) is 0 Å². The normalized spacial score (nSPS) is 16.6. The van der Waals surface area contributed by atoms with Gasteiger partial charge in [0, 0.05) is 11.9 Å². The van der Waals surface area contributed by atoms with Gasteiger partial charge in [0.15, 0.2) is 0 Å². The Morgan fingerprint density at radius 3 is 2.62 bits per heavy atom. The van der Waals surface area contributed by atoms with Crippen LogP contribution < -0.4 is 18.9 Å². The molecule has 1 atom stereocenters. The van der Waals surface area contributed by atoms with E-state index in [0.29, 0.717) is 0 Å². The molecule has 3 rings (SSSR count). The molecule has 0 aliphatic heterocycles. The second-order valence-corrected chi connectivity index (χ2v) is 3.63. The van der Waals surface area contributed by atoms with E-state index in [1.165, 1.54) is 11.1 Å². The van der Waals surface area contributed by atoms with Crippen LogP contribution in [0.25, 0.3) is 6.08 Å². The van der Waals surface area contributed by atoms with Crippen molar-refractivity contribution in [3.63, 3.8) is 0 Å². The monoisotopic (exact) mass is 199 g/mol. The molecule has 0 N–H and O–H groups in total. The molecule has 0 saturated heterocycles. The number of benzene rings is 1. The van der Waals surface area contributed by atoms with Crippen molar-refractivity contribution in [2.75, 3.05) is 0 Å². The summed E-state index contributed by atoms with van der Waals surface area (Å²) in [5.74, 6) is 0.211. The molecule has 16 heavy (non-hydrogen) atoms. The number of allylic oxidation sites excluding steroid dienone is 1. The Labute approximate surface area is 107 Å². The van der Waals surface area contributed by atoms with Gasteiger partial charge in [-0.25, -0.2) is 6.08 Å². The standard InChI is InChI=1S/C14H10N.Li/c1-2-6-12-11(5-1)8-9-13(12)14-7-3-4-10-15-14;/h1-8,10,13H;/q-1;+1. The molecule has 1 aromatic heterocycles. The predicted octanol–water partition coefficient (Wildman–Crippen LogP) is 0.0475. The zero-order chi connectivity index (χ0) is 10.1. The maximum absolute atomic E-state index is 4.38. The van der Waals surface area contributed by atoms with Gasteiger partial charge in [-0.1, -0.05) is 24.3 Å². The summed E-state index contributed by atoms with van der Waals surface area (Å²) in [6, 6.07) is 14.4. The Morgan fingerprint density at radius 2 is 1.81 bits per heavy atom. The minimum atomic E-state index is 0. The summed E-state index contributed by atoms with van der Waals surface area (Å²) in [4.78, 5) is 4.38. The maximum Gasteiger partial charge on any atom is 1.00 e. The van der Waals surface area contributed by atoms with E-state index < -0.39 is 0 Å². The second-order valence-electron chi connectivity index (χ2n) is 3.63. The fraction of sp³-hybridized carbons (Fsp3) is 0.0714. The number of aromatic nitrogens is 1. The van der Waals surface area contributed by atoms with Crippen LogP contribution in [-0.2, 0) is 0 Å². The van der Waals surface area contributed by atoms with E-state index in [2.05, 4.69) is 41.4 Å². The van der Waals surface area contributed by atoms with Crippen LogP contribution in [0.4, 0.5) is 0 Å². The first kappa shape index (κ1) is 11.2.